The Hall–Kier alpha value is -0.890. The smallest absolute Gasteiger partial charge is 0.379 e. The van der Waals surface area contributed by atoms with Crippen LogP contribution in [0.5, 0.6) is 0 Å². The quantitative estimate of drug-likeness (QED) is 0.0293. The maximum atomic E-state index is 12.5. The van der Waals surface area contributed by atoms with Crippen LogP contribution in [0.2, 0.25) is 0 Å². The summed E-state index contributed by atoms with van der Waals surface area (Å²) in [6, 6.07) is 0. The maximum Gasteiger partial charge on any atom is 0.472 e. The summed E-state index contributed by atoms with van der Waals surface area (Å²) in [7, 11) is 1.87. The number of quaternary nitrogens is 1. The Balaban J connectivity index is 4.15. The third kappa shape index (κ3) is 41.9. The number of nitrogens with zero attached hydrogens (tertiary/aromatic N) is 1. The number of phosphoric acid groups is 1. The summed E-state index contributed by atoms with van der Waals surface area (Å²) in [6.45, 7) is 6.82. The van der Waals surface area contributed by atoms with Gasteiger partial charge in [-0.15, -0.1) is 23.7 Å². The number of ether oxygens (including phenoxy) is 2. The molecule has 0 bridgehead atoms. The van der Waals surface area contributed by atoms with Gasteiger partial charge in [-0.1, -0.05) is 129 Å². The van der Waals surface area contributed by atoms with Gasteiger partial charge in [0.15, 0.2) is 0 Å². The molecule has 0 amide bonds. The fraction of sp³-hybridized carbons (Fsp3) is 0.909. The Labute approximate surface area is 323 Å². The summed E-state index contributed by atoms with van der Waals surface area (Å²) in [4.78, 5) is 10.2. The first-order valence-electron chi connectivity index (χ1n) is 21.7. The van der Waals surface area contributed by atoms with Crippen molar-refractivity contribution in [3.63, 3.8) is 0 Å². The average Bonchev–Trinajstić information content (AvgIpc) is 3.10. The molecule has 1 unspecified atom stereocenters. The monoisotopic (exact) mass is 755 g/mol. The summed E-state index contributed by atoms with van der Waals surface area (Å²) in [5, 5.41) is 0. The van der Waals surface area contributed by atoms with E-state index in [0.29, 0.717) is 30.8 Å². The number of unbranched alkanes of at least 4 members (excludes halogenated alkanes) is 24. The van der Waals surface area contributed by atoms with Crippen LogP contribution in [0.4, 0.5) is 0 Å². The van der Waals surface area contributed by atoms with Gasteiger partial charge in [-0.2, -0.15) is 0 Å². The average molecular weight is 755 g/mol. The van der Waals surface area contributed by atoms with E-state index in [4.69, 9.17) is 18.5 Å². The molecule has 0 aliphatic heterocycles. The fourth-order valence-corrected chi connectivity index (χ4v) is 6.48. The highest BCUT2D eigenvalue weighted by Gasteiger charge is 2.25. The van der Waals surface area contributed by atoms with E-state index in [2.05, 4.69) is 37.5 Å². The summed E-state index contributed by atoms with van der Waals surface area (Å²) in [5.74, 6) is 13.4. The zero-order valence-corrected chi connectivity index (χ0v) is 35.9. The van der Waals surface area contributed by atoms with Crippen LogP contribution in [0.15, 0.2) is 0 Å². The molecule has 0 aliphatic carbocycles. The van der Waals surface area contributed by atoms with Crippen LogP contribution in [-0.4, -0.2) is 76.2 Å². The van der Waals surface area contributed by atoms with Gasteiger partial charge in [0.2, 0.25) is 0 Å². The molecule has 0 aliphatic rings. The molecule has 0 spiro atoms. The number of hydrogen-bond donors (Lipinski definition) is 1. The first kappa shape index (κ1) is 51.1. The van der Waals surface area contributed by atoms with Gasteiger partial charge in [-0.3, -0.25) is 9.05 Å². The highest BCUT2D eigenvalue weighted by atomic mass is 31.2. The van der Waals surface area contributed by atoms with Crippen molar-refractivity contribution < 1.29 is 32.5 Å². The molecule has 1 N–H and O–H groups in total. The van der Waals surface area contributed by atoms with Crippen molar-refractivity contribution >= 4 is 7.82 Å². The normalized spacial score (nSPS) is 13.3. The molecule has 7 nitrogen and oxygen atoms in total. The summed E-state index contributed by atoms with van der Waals surface area (Å²) >= 11 is 0. The van der Waals surface area contributed by atoms with Crippen molar-refractivity contribution in [2.45, 2.75) is 200 Å². The van der Waals surface area contributed by atoms with Crippen molar-refractivity contribution in [2.75, 3.05) is 60.7 Å². The molecule has 2 atom stereocenters. The standard InChI is InChI=1S/C44H84NO6P/c1-6-8-10-12-14-16-18-20-22-24-26-28-30-32-34-36-39-48-42-44(43-51-52(46,47)50-41-38-45(3,4)5)49-40-37-35-33-31-29-27-25-23-21-19-17-15-13-11-9-7-2/h44H,6-21,26-43H2,1-5H3/p+1/t44-/m1/s1. The van der Waals surface area contributed by atoms with Gasteiger partial charge in [-0.05, 0) is 38.5 Å². The molecule has 0 aromatic rings. The van der Waals surface area contributed by atoms with Gasteiger partial charge in [0.1, 0.15) is 19.3 Å². The van der Waals surface area contributed by atoms with Crippen molar-refractivity contribution in [3.8, 4) is 23.7 Å². The van der Waals surface area contributed by atoms with Crippen LogP contribution < -0.4 is 0 Å². The lowest BCUT2D eigenvalue weighted by Crippen LogP contribution is -2.37. The SMILES string of the molecule is CCCCCCCCCC#CCCCCCCCOC[C@H](COP(=O)(O)OCC[N+](C)(C)C)OCCCCCCCC#CCCCCCCCCC. The van der Waals surface area contributed by atoms with E-state index in [1.54, 1.807) is 0 Å². The lowest BCUT2D eigenvalue weighted by Gasteiger charge is -2.24. The maximum absolute atomic E-state index is 12.5. The molecule has 0 saturated carbocycles. The van der Waals surface area contributed by atoms with Crippen LogP contribution in [0.25, 0.3) is 0 Å². The van der Waals surface area contributed by atoms with Crippen LogP contribution in [0.3, 0.4) is 0 Å². The molecule has 306 valence electrons. The van der Waals surface area contributed by atoms with E-state index < -0.39 is 13.9 Å². The number of likely N-dealkylation sites (N-methyl/N-ethyl adjacent to an activating group) is 1. The third-order valence-corrected chi connectivity index (χ3v) is 10.2. The Kier molecular flexibility index (Phi) is 37.7. The zero-order chi connectivity index (χ0) is 38.3. The second kappa shape index (κ2) is 38.4. The minimum atomic E-state index is -4.15. The van der Waals surface area contributed by atoms with E-state index in [1.807, 2.05) is 21.1 Å². The van der Waals surface area contributed by atoms with E-state index in [0.717, 1.165) is 64.2 Å². The van der Waals surface area contributed by atoms with Crippen LogP contribution in [0.1, 0.15) is 194 Å². The van der Waals surface area contributed by atoms with E-state index in [-0.39, 0.29) is 13.2 Å². The highest BCUT2D eigenvalue weighted by molar-refractivity contribution is 7.47. The van der Waals surface area contributed by atoms with Gasteiger partial charge in [0.05, 0.1) is 34.4 Å². The largest absolute Gasteiger partial charge is 0.472 e. The number of phosphoric ester groups is 1. The molecule has 52 heavy (non-hydrogen) atoms. The molecule has 0 heterocycles. The minimum absolute atomic E-state index is 0.0321. The van der Waals surface area contributed by atoms with Crippen LogP contribution in [0, 0.1) is 23.7 Å². The Morgan fingerprint density at radius 3 is 1.31 bits per heavy atom. The molecule has 0 aromatic heterocycles. The highest BCUT2D eigenvalue weighted by Crippen LogP contribution is 2.43. The minimum Gasteiger partial charge on any atom is -0.379 e. The molecule has 0 saturated heterocycles. The molecule has 0 rings (SSSR count). The Bertz CT molecular complexity index is 931. The second-order valence-corrected chi connectivity index (χ2v) is 17.1. The molecular formula is C44H85NO6P+. The van der Waals surface area contributed by atoms with Gasteiger partial charge in [0, 0.05) is 38.9 Å². The number of rotatable bonds is 38. The Morgan fingerprint density at radius 2 is 0.885 bits per heavy atom. The zero-order valence-electron chi connectivity index (χ0n) is 35.0. The van der Waals surface area contributed by atoms with E-state index >= 15 is 0 Å². The Morgan fingerprint density at radius 1 is 0.500 bits per heavy atom. The van der Waals surface area contributed by atoms with Crippen molar-refractivity contribution in [2.24, 2.45) is 0 Å². The van der Waals surface area contributed by atoms with E-state index in [1.165, 1.54) is 116 Å². The molecule has 8 heteroatoms. The topological polar surface area (TPSA) is 74.2 Å². The molecule has 0 aromatic carbocycles. The predicted octanol–water partition coefficient (Wildman–Crippen LogP) is 12.2. The van der Waals surface area contributed by atoms with Crippen LogP contribution >= 0.6 is 7.82 Å². The van der Waals surface area contributed by atoms with Gasteiger partial charge in [-0.25, -0.2) is 4.57 Å². The van der Waals surface area contributed by atoms with Crippen molar-refractivity contribution in [3.05, 3.63) is 0 Å². The first-order chi connectivity index (χ1) is 25.2. The number of hydrogen-bond acceptors (Lipinski definition) is 5. The van der Waals surface area contributed by atoms with Gasteiger partial charge in [0.25, 0.3) is 0 Å². The molecule has 0 fully saturated rings. The molecular weight excluding hydrogens is 669 g/mol. The summed E-state index contributed by atoms with van der Waals surface area (Å²) < 4.78 is 35.6. The third-order valence-electron chi connectivity index (χ3n) is 9.19. The lowest BCUT2D eigenvalue weighted by molar-refractivity contribution is -0.870. The van der Waals surface area contributed by atoms with Crippen LogP contribution in [-0.2, 0) is 23.1 Å². The predicted molar refractivity (Wildman–Crippen MR) is 221 cm³/mol. The summed E-state index contributed by atoms with van der Waals surface area (Å²) in [5.41, 5.74) is 0. The van der Waals surface area contributed by atoms with Gasteiger partial charge >= 0.3 is 7.82 Å². The lowest BCUT2D eigenvalue weighted by atomic mass is 10.1. The van der Waals surface area contributed by atoms with E-state index in [9.17, 15) is 9.46 Å². The second-order valence-electron chi connectivity index (χ2n) is 15.7. The fourth-order valence-electron chi connectivity index (χ4n) is 5.74. The van der Waals surface area contributed by atoms with Crippen molar-refractivity contribution in [1.29, 1.82) is 0 Å². The first-order valence-corrected chi connectivity index (χ1v) is 23.2. The van der Waals surface area contributed by atoms with Gasteiger partial charge < -0.3 is 18.9 Å². The summed E-state index contributed by atoms with van der Waals surface area (Å²) in [6.07, 6.45) is 33.7. The molecule has 0 radical (unpaired) electrons. The van der Waals surface area contributed by atoms with Crippen molar-refractivity contribution in [1.82, 2.24) is 0 Å².